The lowest BCUT2D eigenvalue weighted by atomic mass is 10.1. The van der Waals surface area contributed by atoms with Crippen LogP contribution in [-0.2, 0) is 4.79 Å². The Hall–Kier alpha value is -1.82. The quantitative estimate of drug-likeness (QED) is 0.801. The highest BCUT2D eigenvalue weighted by atomic mass is 16.1. The number of amides is 1. The number of carbonyl (C=O) groups excluding carboxylic acids is 1. The lowest BCUT2D eigenvalue weighted by Gasteiger charge is -2.38. The molecule has 0 bridgehead atoms. The summed E-state index contributed by atoms with van der Waals surface area (Å²) in [5, 5.41) is 0. The van der Waals surface area contributed by atoms with Gasteiger partial charge in [0.05, 0.1) is 11.7 Å². The van der Waals surface area contributed by atoms with Crippen molar-refractivity contribution in [2.45, 2.75) is 19.4 Å². The van der Waals surface area contributed by atoms with Gasteiger partial charge < -0.3 is 16.4 Å². The van der Waals surface area contributed by atoms with Crippen LogP contribution in [0, 0.1) is 0 Å². The molecule has 104 valence electrons. The Balaban J connectivity index is 2.00. The number of carbonyl (C=O) groups is 1. The van der Waals surface area contributed by atoms with Crippen molar-refractivity contribution < 1.29 is 4.79 Å². The molecule has 2 heterocycles. The minimum atomic E-state index is -0.242. The second-order valence-corrected chi connectivity index (χ2v) is 4.77. The minimum absolute atomic E-state index is 0.164. The third kappa shape index (κ3) is 2.96. The Morgan fingerprint density at radius 3 is 2.63 bits per heavy atom. The van der Waals surface area contributed by atoms with Gasteiger partial charge in [0.1, 0.15) is 0 Å². The summed E-state index contributed by atoms with van der Waals surface area (Å²) < 4.78 is 0. The van der Waals surface area contributed by atoms with Gasteiger partial charge in [0.15, 0.2) is 5.82 Å². The van der Waals surface area contributed by atoms with E-state index in [0.29, 0.717) is 5.69 Å². The van der Waals surface area contributed by atoms with Crippen LogP contribution in [0.2, 0.25) is 0 Å². The molecule has 0 aliphatic carbocycles. The van der Waals surface area contributed by atoms with Gasteiger partial charge in [-0.3, -0.25) is 9.69 Å². The van der Waals surface area contributed by atoms with E-state index in [1.54, 1.807) is 6.20 Å². The van der Waals surface area contributed by atoms with E-state index in [4.69, 9.17) is 11.5 Å². The second-order valence-electron chi connectivity index (χ2n) is 4.77. The highest BCUT2D eigenvalue weighted by molar-refractivity contribution is 5.79. The van der Waals surface area contributed by atoms with Crippen LogP contribution in [0.4, 0.5) is 11.5 Å². The highest BCUT2D eigenvalue weighted by Gasteiger charge is 2.26. The lowest BCUT2D eigenvalue weighted by molar-refractivity contribution is -0.123. The van der Waals surface area contributed by atoms with E-state index >= 15 is 0 Å². The molecule has 1 aromatic heterocycles. The summed E-state index contributed by atoms with van der Waals surface area (Å²) in [6.45, 7) is 5.21. The number of nitrogens with zero attached hydrogens (tertiary/aromatic N) is 3. The molecule has 1 aliphatic rings. The van der Waals surface area contributed by atoms with Crippen LogP contribution in [-0.4, -0.2) is 48.0 Å². The third-order valence-electron chi connectivity index (χ3n) is 3.59. The smallest absolute Gasteiger partial charge is 0.234 e. The van der Waals surface area contributed by atoms with Gasteiger partial charge in [0.2, 0.25) is 5.91 Å². The largest absolute Gasteiger partial charge is 0.396 e. The van der Waals surface area contributed by atoms with Crippen LogP contribution in [0.3, 0.4) is 0 Å². The lowest BCUT2D eigenvalue weighted by Crippen LogP contribution is -2.54. The molecule has 1 atom stereocenters. The Morgan fingerprint density at radius 1 is 1.42 bits per heavy atom. The van der Waals surface area contributed by atoms with Gasteiger partial charge in [-0.15, -0.1) is 0 Å². The number of primary amides is 1. The molecule has 1 amide bonds. The van der Waals surface area contributed by atoms with Crippen LogP contribution in [0.5, 0.6) is 0 Å². The van der Waals surface area contributed by atoms with Gasteiger partial charge in [-0.05, 0) is 18.6 Å². The zero-order valence-corrected chi connectivity index (χ0v) is 11.2. The third-order valence-corrected chi connectivity index (χ3v) is 3.59. The van der Waals surface area contributed by atoms with Gasteiger partial charge in [-0.2, -0.15) is 0 Å². The van der Waals surface area contributed by atoms with E-state index in [1.165, 1.54) is 0 Å². The average molecular weight is 263 g/mol. The molecule has 0 spiro atoms. The molecule has 1 aromatic rings. The number of rotatable bonds is 4. The first kappa shape index (κ1) is 13.6. The molecule has 6 nitrogen and oxygen atoms in total. The van der Waals surface area contributed by atoms with Crippen molar-refractivity contribution in [1.82, 2.24) is 9.88 Å². The zero-order valence-electron chi connectivity index (χ0n) is 11.2. The standard InChI is InChI=1S/C13H21N5O/c1-2-11(12(15)19)17-6-8-18(9-7-17)13-10(14)4-3-5-16-13/h3-5,11H,2,6-9,14H2,1H3,(H2,15,19). The molecule has 1 aliphatic heterocycles. The number of anilines is 2. The summed E-state index contributed by atoms with van der Waals surface area (Å²) >= 11 is 0. The number of pyridine rings is 1. The van der Waals surface area contributed by atoms with E-state index in [9.17, 15) is 4.79 Å². The summed E-state index contributed by atoms with van der Waals surface area (Å²) in [6.07, 6.45) is 2.50. The van der Waals surface area contributed by atoms with Crippen molar-refractivity contribution >= 4 is 17.4 Å². The fourth-order valence-electron chi connectivity index (χ4n) is 2.56. The molecule has 19 heavy (non-hydrogen) atoms. The maximum Gasteiger partial charge on any atom is 0.234 e. The predicted octanol–water partition coefficient (Wildman–Crippen LogP) is 0.0497. The van der Waals surface area contributed by atoms with Crippen molar-refractivity contribution in [2.24, 2.45) is 5.73 Å². The SMILES string of the molecule is CCC(C(N)=O)N1CCN(c2ncccc2N)CC1. The van der Waals surface area contributed by atoms with Crippen LogP contribution in [0.15, 0.2) is 18.3 Å². The number of hydrogen-bond donors (Lipinski definition) is 2. The summed E-state index contributed by atoms with van der Waals surface area (Å²) in [4.78, 5) is 20.0. The van der Waals surface area contributed by atoms with Crippen LogP contribution >= 0.6 is 0 Å². The van der Waals surface area contributed by atoms with Crippen LogP contribution in [0.25, 0.3) is 0 Å². The average Bonchev–Trinajstić information content (AvgIpc) is 2.41. The first-order valence-electron chi connectivity index (χ1n) is 6.62. The minimum Gasteiger partial charge on any atom is -0.396 e. The summed E-state index contributed by atoms with van der Waals surface area (Å²) in [5.41, 5.74) is 12.0. The molecule has 4 N–H and O–H groups in total. The molecule has 0 aromatic carbocycles. The number of piperazine rings is 1. The number of aromatic nitrogens is 1. The maximum atomic E-state index is 11.4. The molecule has 6 heteroatoms. The molecular weight excluding hydrogens is 242 g/mol. The van der Waals surface area contributed by atoms with Crippen molar-refractivity contribution in [1.29, 1.82) is 0 Å². The van der Waals surface area contributed by atoms with E-state index < -0.39 is 0 Å². The van der Waals surface area contributed by atoms with E-state index in [2.05, 4.69) is 14.8 Å². The number of nitrogen functional groups attached to an aromatic ring is 1. The van der Waals surface area contributed by atoms with Crippen molar-refractivity contribution in [3.05, 3.63) is 18.3 Å². The van der Waals surface area contributed by atoms with Crippen molar-refractivity contribution in [3.8, 4) is 0 Å². The van der Waals surface area contributed by atoms with Crippen molar-refractivity contribution in [3.63, 3.8) is 0 Å². The predicted molar refractivity (Wildman–Crippen MR) is 75.7 cm³/mol. The molecule has 2 rings (SSSR count). The number of nitrogens with two attached hydrogens (primary N) is 2. The summed E-state index contributed by atoms with van der Waals surface area (Å²) in [6, 6.07) is 3.52. The van der Waals surface area contributed by atoms with Gasteiger partial charge >= 0.3 is 0 Å². The van der Waals surface area contributed by atoms with E-state index in [1.807, 2.05) is 19.1 Å². The topological polar surface area (TPSA) is 88.5 Å². The molecule has 1 fully saturated rings. The summed E-state index contributed by atoms with van der Waals surface area (Å²) in [7, 11) is 0. The molecule has 1 saturated heterocycles. The van der Waals surface area contributed by atoms with Gasteiger partial charge in [-0.1, -0.05) is 6.92 Å². The Kier molecular flexibility index (Phi) is 4.21. The number of hydrogen-bond acceptors (Lipinski definition) is 5. The van der Waals surface area contributed by atoms with Gasteiger partial charge in [-0.25, -0.2) is 4.98 Å². The highest BCUT2D eigenvalue weighted by Crippen LogP contribution is 2.21. The van der Waals surface area contributed by atoms with E-state index in [0.717, 1.165) is 38.4 Å². The Labute approximate surface area is 113 Å². The van der Waals surface area contributed by atoms with Crippen molar-refractivity contribution in [2.75, 3.05) is 36.8 Å². The molecule has 0 radical (unpaired) electrons. The zero-order chi connectivity index (χ0) is 13.8. The maximum absolute atomic E-state index is 11.4. The summed E-state index contributed by atoms with van der Waals surface area (Å²) in [5.74, 6) is 0.586. The molecule has 0 saturated carbocycles. The Morgan fingerprint density at radius 2 is 2.11 bits per heavy atom. The van der Waals surface area contributed by atoms with Crippen LogP contribution in [0.1, 0.15) is 13.3 Å². The Bertz CT molecular complexity index is 442. The normalized spacial score (nSPS) is 18.3. The van der Waals surface area contributed by atoms with Crippen LogP contribution < -0.4 is 16.4 Å². The second kappa shape index (κ2) is 5.88. The van der Waals surface area contributed by atoms with E-state index in [-0.39, 0.29) is 11.9 Å². The monoisotopic (exact) mass is 263 g/mol. The van der Waals surface area contributed by atoms with Gasteiger partial charge in [0.25, 0.3) is 0 Å². The first-order chi connectivity index (χ1) is 9.13. The fourth-order valence-corrected chi connectivity index (χ4v) is 2.56. The first-order valence-corrected chi connectivity index (χ1v) is 6.62. The fraction of sp³-hybridized carbons (Fsp3) is 0.538. The molecular formula is C13H21N5O. The molecule has 1 unspecified atom stereocenters. The van der Waals surface area contributed by atoms with Gasteiger partial charge in [0, 0.05) is 32.4 Å².